The molecule has 0 amide bonds. The van der Waals surface area contributed by atoms with Gasteiger partial charge in [-0.15, -0.1) is 0 Å². The average Bonchev–Trinajstić information content (AvgIpc) is 2.54. The van der Waals surface area contributed by atoms with Gasteiger partial charge in [-0.05, 0) is 36.5 Å². The summed E-state index contributed by atoms with van der Waals surface area (Å²) in [6, 6.07) is 8.66. The monoisotopic (exact) mass is 210 g/mol. The third-order valence-corrected chi connectivity index (χ3v) is 2.99. The smallest absolute Gasteiger partial charge is 0.0135 e. The largest absolute Gasteiger partial charge is 0.0799 e. The number of allylic oxidation sites excluding steroid dienone is 6. The highest BCUT2D eigenvalue weighted by Crippen LogP contribution is 2.23. The number of benzene rings is 1. The molecule has 0 heterocycles. The fourth-order valence-corrected chi connectivity index (χ4v) is 2.02. The van der Waals surface area contributed by atoms with Crippen molar-refractivity contribution in [1.82, 2.24) is 0 Å². The van der Waals surface area contributed by atoms with E-state index < -0.39 is 0 Å². The van der Waals surface area contributed by atoms with Crippen LogP contribution in [0.25, 0.3) is 5.57 Å². The molecule has 1 aliphatic rings. The van der Waals surface area contributed by atoms with E-state index in [1.54, 1.807) is 0 Å². The molecule has 0 saturated carbocycles. The molecule has 0 radical (unpaired) electrons. The van der Waals surface area contributed by atoms with Crippen LogP contribution in [0, 0.1) is 0 Å². The molecule has 0 spiro atoms. The second kappa shape index (κ2) is 4.98. The van der Waals surface area contributed by atoms with Crippen molar-refractivity contribution in [2.24, 2.45) is 0 Å². The number of rotatable bonds is 2. The number of aryl methyl sites for hydroxylation is 1. The van der Waals surface area contributed by atoms with Crippen LogP contribution in [0.15, 0.2) is 54.1 Å². The van der Waals surface area contributed by atoms with Crippen LogP contribution >= 0.6 is 0 Å². The molecule has 0 aromatic heterocycles. The minimum absolute atomic E-state index is 1.06. The van der Waals surface area contributed by atoms with Gasteiger partial charge in [-0.25, -0.2) is 0 Å². The topological polar surface area (TPSA) is 0 Å². The SMILES string of the molecule is CCc1ccccc1C1=CC=C(C)CC=C1. The third-order valence-electron chi connectivity index (χ3n) is 2.99. The Bertz CT molecular complexity index is 459. The highest BCUT2D eigenvalue weighted by molar-refractivity contribution is 5.77. The van der Waals surface area contributed by atoms with E-state index in [2.05, 4.69) is 62.4 Å². The highest BCUT2D eigenvalue weighted by atomic mass is 14.1. The van der Waals surface area contributed by atoms with Gasteiger partial charge in [0.15, 0.2) is 0 Å². The van der Waals surface area contributed by atoms with Gasteiger partial charge in [0.2, 0.25) is 0 Å². The first-order valence-electron chi connectivity index (χ1n) is 5.93. The molecular weight excluding hydrogens is 192 g/mol. The molecule has 0 N–H and O–H groups in total. The van der Waals surface area contributed by atoms with Gasteiger partial charge in [0.25, 0.3) is 0 Å². The van der Waals surface area contributed by atoms with Gasteiger partial charge in [-0.2, -0.15) is 0 Å². The predicted octanol–water partition coefficient (Wildman–Crippen LogP) is 4.54. The molecule has 16 heavy (non-hydrogen) atoms. The first kappa shape index (κ1) is 10.9. The van der Waals surface area contributed by atoms with Crippen LogP contribution in [-0.4, -0.2) is 0 Å². The molecule has 0 unspecified atom stereocenters. The fraction of sp³-hybridized carbons (Fsp3) is 0.250. The summed E-state index contributed by atoms with van der Waals surface area (Å²) >= 11 is 0. The van der Waals surface area contributed by atoms with Crippen molar-refractivity contribution in [1.29, 1.82) is 0 Å². The quantitative estimate of drug-likeness (QED) is 0.672. The van der Waals surface area contributed by atoms with Gasteiger partial charge >= 0.3 is 0 Å². The lowest BCUT2D eigenvalue weighted by Crippen LogP contribution is -1.89. The Kier molecular flexibility index (Phi) is 3.40. The van der Waals surface area contributed by atoms with E-state index in [0.717, 1.165) is 12.8 Å². The second-order valence-electron chi connectivity index (χ2n) is 4.25. The summed E-state index contributed by atoms with van der Waals surface area (Å²) in [6.07, 6.45) is 11.1. The molecule has 0 heteroatoms. The Labute approximate surface area is 98.0 Å². The van der Waals surface area contributed by atoms with E-state index in [1.807, 2.05) is 0 Å². The van der Waals surface area contributed by atoms with Crippen molar-refractivity contribution in [2.75, 3.05) is 0 Å². The van der Waals surface area contributed by atoms with Crippen LogP contribution < -0.4 is 0 Å². The maximum absolute atomic E-state index is 2.25. The molecular formula is C16H18. The Balaban J connectivity index is 2.44. The van der Waals surface area contributed by atoms with Crippen molar-refractivity contribution in [3.8, 4) is 0 Å². The molecule has 1 aromatic rings. The van der Waals surface area contributed by atoms with Crippen LogP contribution in [0.4, 0.5) is 0 Å². The standard InChI is InChI=1S/C16H18/c1-3-14-8-4-5-10-16(14)15-9-6-7-13(2)11-12-15/h4-6,8-12H,3,7H2,1-2H3. The van der Waals surface area contributed by atoms with Crippen LogP contribution in [0.3, 0.4) is 0 Å². The van der Waals surface area contributed by atoms with Crippen LogP contribution in [0.2, 0.25) is 0 Å². The average molecular weight is 210 g/mol. The first-order valence-corrected chi connectivity index (χ1v) is 5.93. The minimum Gasteiger partial charge on any atom is -0.0799 e. The Morgan fingerprint density at radius 3 is 2.75 bits per heavy atom. The Morgan fingerprint density at radius 2 is 1.94 bits per heavy atom. The van der Waals surface area contributed by atoms with Gasteiger partial charge in [-0.1, -0.05) is 61.1 Å². The van der Waals surface area contributed by atoms with Crippen molar-refractivity contribution in [3.63, 3.8) is 0 Å². The van der Waals surface area contributed by atoms with Crippen LogP contribution in [0.5, 0.6) is 0 Å². The van der Waals surface area contributed by atoms with Gasteiger partial charge in [0.05, 0.1) is 0 Å². The van der Waals surface area contributed by atoms with E-state index in [9.17, 15) is 0 Å². The molecule has 0 fully saturated rings. The zero-order chi connectivity index (χ0) is 11.4. The van der Waals surface area contributed by atoms with Gasteiger partial charge in [0.1, 0.15) is 0 Å². The summed E-state index contributed by atoms with van der Waals surface area (Å²) in [6.45, 7) is 4.39. The summed E-state index contributed by atoms with van der Waals surface area (Å²) in [5.41, 5.74) is 5.54. The summed E-state index contributed by atoms with van der Waals surface area (Å²) in [5, 5.41) is 0. The zero-order valence-electron chi connectivity index (χ0n) is 10.0. The Hall–Kier alpha value is -1.56. The lowest BCUT2D eigenvalue weighted by Gasteiger charge is -2.07. The zero-order valence-corrected chi connectivity index (χ0v) is 10.0. The molecule has 1 aromatic carbocycles. The van der Waals surface area contributed by atoms with Crippen molar-refractivity contribution in [3.05, 3.63) is 65.3 Å². The van der Waals surface area contributed by atoms with Crippen LogP contribution in [0.1, 0.15) is 31.4 Å². The number of hydrogen-bond donors (Lipinski definition) is 0. The van der Waals surface area contributed by atoms with Gasteiger partial charge in [-0.3, -0.25) is 0 Å². The lowest BCUT2D eigenvalue weighted by molar-refractivity contribution is 1.13. The second-order valence-corrected chi connectivity index (χ2v) is 4.25. The van der Waals surface area contributed by atoms with Crippen molar-refractivity contribution in [2.45, 2.75) is 26.7 Å². The molecule has 0 aliphatic heterocycles. The molecule has 0 nitrogen and oxygen atoms in total. The van der Waals surface area contributed by atoms with E-state index in [0.29, 0.717) is 0 Å². The van der Waals surface area contributed by atoms with Crippen LogP contribution in [-0.2, 0) is 6.42 Å². The molecule has 0 atom stereocenters. The summed E-state index contributed by atoms with van der Waals surface area (Å²) < 4.78 is 0. The number of hydrogen-bond acceptors (Lipinski definition) is 0. The molecule has 0 bridgehead atoms. The molecule has 82 valence electrons. The summed E-state index contributed by atoms with van der Waals surface area (Å²) in [5.74, 6) is 0. The highest BCUT2D eigenvalue weighted by Gasteiger charge is 2.04. The molecule has 2 rings (SSSR count). The summed E-state index contributed by atoms with van der Waals surface area (Å²) in [7, 11) is 0. The molecule has 0 saturated heterocycles. The van der Waals surface area contributed by atoms with E-state index >= 15 is 0 Å². The molecule has 1 aliphatic carbocycles. The third kappa shape index (κ3) is 2.33. The predicted molar refractivity (Wildman–Crippen MR) is 71.3 cm³/mol. The van der Waals surface area contributed by atoms with E-state index in [-0.39, 0.29) is 0 Å². The minimum atomic E-state index is 1.06. The van der Waals surface area contributed by atoms with Gasteiger partial charge < -0.3 is 0 Å². The van der Waals surface area contributed by atoms with Crippen molar-refractivity contribution >= 4 is 5.57 Å². The van der Waals surface area contributed by atoms with E-state index in [1.165, 1.54) is 22.3 Å². The fourth-order valence-electron chi connectivity index (χ4n) is 2.02. The maximum atomic E-state index is 2.25. The van der Waals surface area contributed by atoms with Gasteiger partial charge in [0, 0.05) is 0 Å². The first-order chi connectivity index (χ1) is 7.81. The van der Waals surface area contributed by atoms with Crippen molar-refractivity contribution < 1.29 is 0 Å². The summed E-state index contributed by atoms with van der Waals surface area (Å²) in [4.78, 5) is 0. The Morgan fingerprint density at radius 1 is 1.12 bits per heavy atom. The normalized spacial score (nSPS) is 15.4. The maximum Gasteiger partial charge on any atom is -0.0135 e. The lowest BCUT2D eigenvalue weighted by atomic mass is 9.97. The van der Waals surface area contributed by atoms with E-state index in [4.69, 9.17) is 0 Å².